The SMILES string of the molecule is CCCC/C=C\CCCCCCCC(=O)OC1C(OCC(COC(=O)CCCCCCCCC/C=C\CCCCCCCC)OC(=O)CCCCCCC/C=C\CCCCCCCC)OC(C(=O)O)C(O)C1O. The van der Waals surface area contributed by atoms with E-state index in [4.69, 9.17) is 23.7 Å². The molecule has 73 heavy (non-hydrogen) atoms. The molecule has 0 aromatic carbocycles. The summed E-state index contributed by atoms with van der Waals surface area (Å²) in [7, 11) is 0. The van der Waals surface area contributed by atoms with Crippen molar-refractivity contribution in [3.8, 4) is 0 Å². The first kappa shape index (κ1) is 68.0. The van der Waals surface area contributed by atoms with Crippen LogP contribution in [-0.4, -0.2) is 89.2 Å². The molecule has 6 unspecified atom stereocenters. The van der Waals surface area contributed by atoms with E-state index >= 15 is 0 Å². The summed E-state index contributed by atoms with van der Waals surface area (Å²) < 4.78 is 28.4. The number of aliphatic hydroxyl groups is 2. The molecule has 0 saturated carbocycles. The van der Waals surface area contributed by atoms with Crippen LogP contribution < -0.4 is 0 Å². The summed E-state index contributed by atoms with van der Waals surface area (Å²) in [5.41, 5.74) is 0. The van der Waals surface area contributed by atoms with Crippen LogP contribution in [0.4, 0.5) is 0 Å². The molecular formula is C61H108O12. The Balaban J connectivity index is 2.68. The standard InChI is InChI=1S/C61H108O12/c1-4-7-10-13-16-19-22-24-26-27-29-30-33-35-38-41-44-47-53(62)69-50-52(71-54(63)48-45-42-39-37-34-31-28-25-23-20-17-14-11-8-5-2)51-70-61-59(57(66)56(65)58(73-61)60(67)68)72-55(64)49-46-43-40-36-32-21-18-15-12-9-6-3/h15,18,24-26,28,52,56-59,61,65-66H,4-14,16-17,19-23,27,29-51H2,1-3H3,(H,67,68)/b18-15-,26-24-,28-25-. The molecule has 1 aliphatic rings. The van der Waals surface area contributed by atoms with Crippen molar-refractivity contribution in [1.82, 2.24) is 0 Å². The molecule has 0 aromatic heterocycles. The molecule has 0 spiro atoms. The molecule has 424 valence electrons. The molecule has 1 aliphatic heterocycles. The summed E-state index contributed by atoms with van der Waals surface area (Å²) in [5.74, 6) is -3.13. The minimum Gasteiger partial charge on any atom is -0.479 e. The van der Waals surface area contributed by atoms with E-state index in [9.17, 15) is 34.5 Å². The fraction of sp³-hybridized carbons (Fsp3) is 0.836. The number of carboxylic acid groups (broad SMARTS) is 1. The Morgan fingerprint density at radius 2 is 0.795 bits per heavy atom. The number of hydrogen-bond acceptors (Lipinski definition) is 11. The number of carbonyl (C=O) groups is 4. The molecule has 1 fully saturated rings. The van der Waals surface area contributed by atoms with Crippen molar-refractivity contribution in [2.45, 2.75) is 314 Å². The molecule has 0 bridgehead atoms. The van der Waals surface area contributed by atoms with Crippen LogP contribution >= 0.6 is 0 Å². The van der Waals surface area contributed by atoms with Gasteiger partial charge in [0.05, 0.1) is 6.61 Å². The number of esters is 3. The largest absolute Gasteiger partial charge is 0.479 e. The van der Waals surface area contributed by atoms with E-state index < -0.39 is 67.3 Å². The lowest BCUT2D eigenvalue weighted by molar-refractivity contribution is -0.301. The van der Waals surface area contributed by atoms with Crippen LogP contribution in [-0.2, 0) is 42.9 Å². The van der Waals surface area contributed by atoms with E-state index in [1.165, 1.54) is 116 Å². The molecule has 12 heteroatoms. The molecule has 0 amide bonds. The Hall–Kier alpha value is -3.06. The van der Waals surface area contributed by atoms with Crippen LogP contribution in [0.2, 0.25) is 0 Å². The van der Waals surface area contributed by atoms with Crippen molar-refractivity contribution in [2.24, 2.45) is 0 Å². The van der Waals surface area contributed by atoms with Crippen LogP contribution in [0.25, 0.3) is 0 Å². The second-order valence-corrected chi connectivity index (χ2v) is 20.6. The van der Waals surface area contributed by atoms with Crippen molar-refractivity contribution in [3.63, 3.8) is 0 Å². The van der Waals surface area contributed by atoms with Gasteiger partial charge in [0, 0.05) is 19.3 Å². The summed E-state index contributed by atoms with van der Waals surface area (Å²) in [6, 6.07) is 0. The molecule has 0 aliphatic carbocycles. The van der Waals surface area contributed by atoms with Crippen LogP contribution in [0.15, 0.2) is 36.5 Å². The van der Waals surface area contributed by atoms with E-state index in [0.717, 1.165) is 103 Å². The minimum atomic E-state index is -1.90. The first-order valence-electron chi connectivity index (χ1n) is 30.0. The fourth-order valence-electron chi connectivity index (χ4n) is 8.99. The van der Waals surface area contributed by atoms with Gasteiger partial charge in [0.25, 0.3) is 0 Å². The van der Waals surface area contributed by atoms with Crippen molar-refractivity contribution in [1.29, 1.82) is 0 Å². The third-order valence-electron chi connectivity index (χ3n) is 13.7. The van der Waals surface area contributed by atoms with Gasteiger partial charge in [-0.25, -0.2) is 4.79 Å². The number of carboxylic acids is 1. The lowest BCUT2D eigenvalue weighted by Crippen LogP contribution is -2.61. The van der Waals surface area contributed by atoms with Crippen LogP contribution in [0.1, 0.15) is 278 Å². The highest BCUT2D eigenvalue weighted by molar-refractivity contribution is 5.74. The van der Waals surface area contributed by atoms with E-state index in [1.54, 1.807) is 0 Å². The number of unbranched alkanes of at least 4 members (excludes halogenated alkanes) is 31. The molecule has 3 N–H and O–H groups in total. The number of allylic oxidation sites excluding steroid dienone is 6. The molecule has 1 rings (SSSR count). The van der Waals surface area contributed by atoms with Crippen LogP contribution in [0, 0.1) is 0 Å². The Bertz CT molecular complexity index is 1410. The molecule has 6 atom stereocenters. The maximum absolute atomic E-state index is 13.1. The van der Waals surface area contributed by atoms with Gasteiger partial charge < -0.3 is 39.0 Å². The third kappa shape index (κ3) is 39.9. The Kier molecular flexibility index (Phi) is 46.4. The summed E-state index contributed by atoms with van der Waals surface area (Å²) in [5, 5.41) is 31.4. The van der Waals surface area contributed by atoms with E-state index in [1.807, 2.05) is 0 Å². The maximum atomic E-state index is 13.1. The average Bonchev–Trinajstić information content (AvgIpc) is 3.37. The summed E-state index contributed by atoms with van der Waals surface area (Å²) in [6.07, 6.45) is 45.5. The lowest BCUT2D eigenvalue weighted by atomic mass is 9.98. The lowest BCUT2D eigenvalue weighted by Gasteiger charge is -2.40. The van der Waals surface area contributed by atoms with Gasteiger partial charge in [-0.1, -0.05) is 205 Å². The van der Waals surface area contributed by atoms with Gasteiger partial charge in [0.15, 0.2) is 24.6 Å². The van der Waals surface area contributed by atoms with Crippen molar-refractivity contribution < 1.29 is 58.2 Å². The van der Waals surface area contributed by atoms with Crippen LogP contribution in [0.5, 0.6) is 0 Å². The smallest absolute Gasteiger partial charge is 0.335 e. The minimum absolute atomic E-state index is 0.0507. The summed E-state index contributed by atoms with van der Waals surface area (Å²) in [6.45, 7) is 5.94. The molecule has 1 saturated heterocycles. The Morgan fingerprint density at radius 1 is 0.438 bits per heavy atom. The van der Waals surface area contributed by atoms with Gasteiger partial charge in [-0.05, 0) is 89.9 Å². The van der Waals surface area contributed by atoms with E-state index in [0.29, 0.717) is 19.3 Å². The highest BCUT2D eigenvalue weighted by atomic mass is 16.7. The second-order valence-electron chi connectivity index (χ2n) is 20.6. The Morgan fingerprint density at radius 3 is 1.21 bits per heavy atom. The highest BCUT2D eigenvalue weighted by Gasteiger charge is 2.50. The zero-order valence-electron chi connectivity index (χ0n) is 46.6. The molecule has 12 nitrogen and oxygen atoms in total. The van der Waals surface area contributed by atoms with Gasteiger partial charge in [-0.15, -0.1) is 0 Å². The quantitative estimate of drug-likeness (QED) is 0.0228. The average molecular weight is 1030 g/mol. The normalized spacial score (nSPS) is 18.5. The monoisotopic (exact) mass is 1030 g/mol. The summed E-state index contributed by atoms with van der Waals surface area (Å²) in [4.78, 5) is 51.1. The summed E-state index contributed by atoms with van der Waals surface area (Å²) >= 11 is 0. The van der Waals surface area contributed by atoms with Crippen molar-refractivity contribution in [3.05, 3.63) is 36.5 Å². The van der Waals surface area contributed by atoms with Gasteiger partial charge in [0.2, 0.25) is 0 Å². The van der Waals surface area contributed by atoms with Gasteiger partial charge in [0.1, 0.15) is 18.8 Å². The number of carbonyl (C=O) groups excluding carboxylic acids is 3. The molecule has 1 heterocycles. The predicted molar refractivity (Wildman–Crippen MR) is 294 cm³/mol. The molecule has 0 radical (unpaired) electrons. The first-order chi connectivity index (χ1) is 35.6. The van der Waals surface area contributed by atoms with Crippen molar-refractivity contribution in [2.75, 3.05) is 13.2 Å². The number of rotatable bonds is 51. The predicted octanol–water partition coefficient (Wildman–Crippen LogP) is 15.2. The number of aliphatic carboxylic acids is 1. The number of aliphatic hydroxyl groups excluding tert-OH is 2. The van der Waals surface area contributed by atoms with Crippen molar-refractivity contribution >= 4 is 23.9 Å². The second kappa shape index (κ2) is 49.8. The fourth-order valence-corrected chi connectivity index (χ4v) is 8.99. The van der Waals surface area contributed by atoms with E-state index in [2.05, 4.69) is 57.2 Å². The van der Waals surface area contributed by atoms with Gasteiger partial charge >= 0.3 is 23.9 Å². The number of ether oxygens (including phenoxy) is 5. The Labute approximate surface area is 444 Å². The zero-order valence-corrected chi connectivity index (χ0v) is 46.6. The molecular weight excluding hydrogens is 925 g/mol. The first-order valence-corrected chi connectivity index (χ1v) is 30.0. The number of hydrogen-bond donors (Lipinski definition) is 3. The topological polar surface area (TPSA) is 175 Å². The van der Waals surface area contributed by atoms with Crippen LogP contribution in [0.3, 0.4) is 0 Å². The molecule has 0 aromatic rings. The highest BCUT2D eigenvalue weighted by Crippen LogP contribution is 2.26. The zero-order chi connectivity index (χ0) is 53.3. The third-order valence-corrected chi connectivity index (χ3v) is 13.7. The van der Waals surface area contributed by atoms with Gasteiger partial charge in [-0.3, -0.25) is 14.4 Å². The van der Waals surface area contributed by atoms with Gasteiger partial charge in [-0.2, -0.15) is 0 Å². The van der Waals surface area contributed by atoms with E-state index in [-0.39, 0.29) is 25.9 Å². The maximum Gasteiger partial charge on any atom is 0.335 e.